The molecule has 0 aliphatic rings. The number of halogens is 1. The molecule has 11 heavy (non-hydrogen) atoms. The predicted octanol–water partition coefficient (Wildman–Crippen LogP) is 1.99. The van der Waals surface area contributed by atoms with E-state index in [2.05, 4.69) is 0 Å². The van der Waals surface area contributed by atoms with Crippen molar-refractivity contribution in [3.05, 3.63) is 23.2 Å². The van der Waals surface area contributed by atoms with Crippen LogP contribution in [0.1, 0.15) is 0 Å². The summed E-state index contributed by atoms with van der Waals surface area (Å²) in [6.07, 6.45) is 0. The predicted molar refractivity (Wildman–Crippen MR) is 50.2 cm³/mol. The summed E-state index contributed by atoms with van der Waals surface area (Å²) in [6.45, 7) is 0. The molecule has 60 valence electrons. The molecule has 0 saturated heterocycles. The highest BCUT2D eigenvalue weighted by molar-refractivity contribution is 6.33. The van der Waals surface area contributed by atoms with Crippen LogP contribution in [-0.4, -0.2) is 14.1 Å². The minimum atomic E-state index is 0.607. The normalized spacial score (nSPS) is 9.73. The fourth-order valence-electron chi connectivity index (χ4n) is 0.809. The van der Waals surface area contributed by atoms with Gasteiger partial charge in [-0.05, 0) is 18.2 Å². The van der Waals surface area contributed by atoms with Gasteiger partial charge < -0.3 is 10.6 Å². The smallest absolute Gasteiger partial charge is 0.0636 e. The van der Waals surface area contributed by atoms with Crippen LogP contribution in [0.4, 0.5) is 11.4 Å². The van der Waals surface area contributed by atoms with E-state index in [9.17, 15) is 0 Å². The van der Waals surface area contributed by atoms with Crippen molar-refractivity contribution in [3.63, 3.8) is 0 Å². The summed E-state index contributed by atoms with van der Waals surface area (Å²) in [5.74, 6) is 0. The first-order chi connectivity index (χ1) is 5.11. The molecule has 0 radical (unpaired) electrons. The number of hydrogen-bond acceptors (Lipinski definition) is 2. The summed E-state index contributed by atoms with van der Waals surface area (Å²) in [5.41, 5.74) is 7.28. The second kappa shape index (κ2) is 3.01. The molecule has 1 aromatic rings. The molecule has 0 fully saturated rings. The van der Waals surface area contributed by atoms with Crippen molar-refractivity contribution in [2.24, 2.45) is 0 Å². The third-order valence-corrected chi connectivity index (χ3v) is 1.84. The van der Waals surface area contributed by atoms with Gasteiger partial charge in [-0.15, -0.1) is 0 Å². The van der Waals surface area contributed by atoms with E-state index in [1.807, 2.05) is 31.1 Å². The van der Waals surface area contributed by atoms with Crippen molar-refractivity contribution < 1.29 is 0 Å². The molecule has 0 aliphatic carbocycles. The van der Waals surface area contributed by atoms with E-state index in [1.165, 1.54) is 0 Å². The maximum atomic E-state index is 5.74. The van der Waals surface area contributed by atoms with Gasteiger partial charge in [-0.25, -0.2) is 0 Å². The summed E-state index contributed by atoms with van der Waals surface area (Å²) >= 11 is 5.74. The lowest BCUT2D eigenvalue weighted by atomic mass is 10.3. The lowest BCUT2D eigenvalue weighted by Gasteiger charge is -2.12. The number of nitrogen functional groups attached to an aromatic ring is 1. The zero-order chi connectivity index (χ0) is 8.43. The van der Waals surface area contributed by atoms with Crippen LogP contribution in [0, 0.1) is 0 Å². The van der Waals surface area contributed by atoms with Crippen LogP contribution in [-0.2, 0) is 0 Å². The van der Waals surface area contributed by atoms with Crippen LogP contribution in [0.3, 0.4) is 0 Å². The zero-order valence-electron chi connectivity index (χ0n) is 6.63. The van der Waals surface area contributed by atoms with Crippen molar-refractivity contribution >= 4 is 23.0 Å². The second-order valence-electron chi connectivity index (χ2n) is 2.60. The lowest BCUT2D eigenvalue weighted by molar-refractivity contribution is 1.13. The molecule has 0 atom stereocenters. The highest BCUT2D eigenvalue weighted by Gasteiger charge is 1.98. The van der Waals surface area contributed by atoms with Crippen LogP contribution >= 0.6 is 11.6 Å². The van der Waals surface area contributed by atoms with Gasteiger partial charge in [0, 0.05) is 19.8 Å². The minimum Gasteiger partial charge on any atom is -0.397 e. The third-order valence-electron chi connectivity index (χ3n) is 1.50. The largest absolute Gasteiger partial charge is 0.397 e. The molecule has 0 saturated carbocycles. The number of anilines is 2. The summed E-state index contributed by atoms with van der Waals surface area (Å²) in [5, 5.41) is 0.607. The number of benzene rings is 1. The standard InChI is InChI=1S/C8H11ClN2/c1-11(2)6-3-4-7(9)8(10)5-6/h3-5H,10H2,1-2H3. The Bertz CT molecular complexity index is 258. The van der Waals surface area contributed by atoms with Crippen LogP contribution in [0.2, 0.25) is 5.02 Å². The molecule has 3 heteroatoms. The van der Waals surface area contributed by atoms with E-state index in [-0.39, 0.29) is 0 Å². The van der Waals surface area contributed by atoms with Crippen LogP contribution in [0.25, 0.3) is 0 Å². The Balaban J connectivity index is 3.05. The maximum absolute atomic E-state index is 5.74. The van der Waals surface area contributed by atoms with E-state index in [1.54, 1.807) is 6.07 Å². The molecule has 0 aromatic heterocycles. The number of nitrogens with two attached hydrogens (primary N) is 1. The first-order valence-electron chi connectivity index (χ1n) is 3.33. The molecule has 2 nitrogen and oxygen atoms in total. The summed E-state index contributed by atoms with van der Waals surface area (Å²) in [4.78, 5) is 1.98. The van der Waals surface area contributed by atoms with Crippen molar-refractivity contribution in [1.29, 1.82) is 0 Å². The quantitative estimate of drug-likeness (QED) is 0.654. The monoisotopic (exact) mass is 170 g/mol. The highest BCUT2D eigenvalue weighted by Crippen LogP contribution is 2.23. The first-order valence-corrected chi connectivity index (χ1v) is 3.71. The van der Waals surface area contributed by atoms with Gasteiger partial charge in [-0.2, -0.15) is 0 Å². The highest BCUT2D eigenvalue weighted by atomic mass is 35.5. The van der Waals surface area contributed by atoms with Gasteiger partial charge in [-0.1, -0.05) is 11.6 Å². The Kier molecular flexibility index (Phi) is 2.25. The molecular weight excluding hydrogens is 160 g/mol. The van der Waals surface area contributed by atoms with Crippen molar-refractivity contribution in [2.45, 2.75) is 0 Å². The van der Waals surface area contributed by atoms with E-state index in [0.717, 1.165) is 5.69 Å². The molecule has 0 spiro atoms. The van der Waals surface area contributed by atoms with Crippen molar-refractivity contribution in [2.75, 3.05) is 24.7 Å². The third kappa shape index (κ3) is 1.77. The fourth-order valence-corrected chi connectivity index (χ4v) is 0.927. The maximum Gasteiger partial charge on any atom is 0.0636 e. The molecule has 0 aliphatic heterocycles. The van der Waals surface area contributed by atoms with E-state index < -0.39 is 0 Å². The molecule has 1 aromatic carbocycles. The molecule has 0 bridgehead atoms. The first kappa shape index (κ1) is 8.21. The topological polar surface area (TPSA) is 29.3 Å². The van der Waals surface area contributed by atoms with E-state index in [4.69, 9.17) is 17.3 Å². The van der Waals surface area contributed by atoms with Gasteiger partial charge in [0.25, 0.3) is 0 Å². The Morgan fingerprint density at radius 1 is 1.36 bits per heavy atom. The van der Waals surface area contributed by atoms with E-state index in [0.29, 0.717) is 10.7 Å². The van der Waals surface area contributed by atoms with Gasteiger partial charge in [0.1, 0.15) is 0 Å². The Morgan fingerprint density at radius 3 is 2.45 bits per heavy atom. The number of rotatable bonds is 1. The second-order valence-corrected chi connectivity index (χ2v) is 3.01. The zero-order valence-corrected chi connectivity index (χ0v) is 7.39. The lowest BCUT2D eigenvalue weighted by Crippen LogP contribution is -2.08. The van der Waals surface area contributed by atoms with Gasteiger partial charge in [0.15, 0.2) is 0 Å². The molecule has 1 rings (SSSR count). The van der Waals surface area contributed by atoms with Crippen LogP contribution < -0.4 is 10.6 Å². The summed E-state index contributed by atoms with van der Waals surface area (Å²) in [7, 11) is 3.92. The molecule has 0 amide bonds. The van der Waals surface area contributed by atoms with Gasteiger partial charge in [0.2, 0.25) is 0 Å². The summed E-state index contributed by atoms with van der Waals surface area (Å²) < 4.78 is 0. The van der Waals surface area contributed by atoms with Gasteiger partial charge in [-0.3, -0.25) is 0 Å². The SMILES string of the molecule is CN(C)c1ccc(Cl)c(N)c1. The Hall–Kier alpha value is -0.890. The molecular formula is C8H11ClN2. The number of hydrogen-bond donors (Lipinski definition) is 1. The van der Waals surface area contributed by atoms with Gasteiger partial charge >= 0.3 is 0 Å². The summed E-state index contributed by atoms with van der Waals surface area (Å²) in [6, 6.07) is 5.58. The van der Waals surface area contributed by atoms with Crippen molar-refractivity contribution in [1.82, 2.24) is 0 Å². The fraction of sp³-hybridized carbons (Fsp3) is 0.250. The number of nitrogens with zero attached hydrogens (tertiary/aromatic N) is 1. The molecule has 0 heterocycles. The van der Waals surface area contributed by atoms with E-state index >= 15 is 0 Å². The average Bonchev–Trinajstić information content (AvgIpc) is 1.94. The van der Waals surface area contributed by atoms with Gasteiger partial charge in [0.05, 0.1) is 10.7 Å². The average molecular weight is 171 g/mol. The molecule has 2 N–H and O–H groups in total. The van der Waals surface area contributed by atoms with Crippen molar-refractivity contribution in [3.8, 4) is 0 Å². The van der Waals surface area contributed by atoms with Crippen LogP contribution in [0.5, 0.6) is 0 Å². The Labute approximate surface area is 71.6 Å². The van der Waals surface area contributed by atoms with Crippen LogP contribution in [0.15, 0.2) is 18.2 Å². The Morgan fingerprint density at radius 2 is 2.00 bits per heavy atom. The minimum absolute atomic E-state index is 0.607. The molecule has 0 unspecified atom stereocenters.